The van der Waals surface area contributed by atoms with Crippen molar-refractivity contribution in [2.45, 2.75) is 11.8 Å². The SMILES string of the molecule is Cc1ccc(S(=O)(=O)Oc2cccc(N=C=O)c2)cc1. The second-order valence-corrected chi connectivity index (χ2v) is 5.60. The summed E-state index contributed by atoms with van der Waals surface area (Å²) in [5.74, 6) is 0.0853. The van der Waals surface area contributed by atoms with Gasteiger partial charge in [-0.25, -0.2) is 4.79 Å². The first-order valence-corrected chi connectivity index (χ1v) is 7.11. The third-order valence-electron chi connectivity index (χ3n) is 2.51. The van der Waals surface area contributed by atoms with Crippen LogP contribution in [0.15, 0.2) is 58.4 Å². The number of hydrogen-bond donors (Lipinski definition) is 0. The minimum absolute atomic E-state index is 0.0624. The molecular formula is C14H11NO4S. The molecule has 0 unspecified atom stereocenters. The van der Waals surface area contributed by atoms with Gasteiger partial charge in [-0.2, -0.15) is 13.4 Å². The van der Waals surface area contributed by atoms with E-state index < -0.39 is 10.1 Å². The van der Waals surface area contributed by atoms with Crippen LogP contribution in [0.2, 0.25) is 0 Å². The number of benzene rings is 2. The lowest BCUT2D eigenvalue weighted by Crippen LogP contribution is -2.09. The van der Waals surface area contributed by atoms with E-state index in [-0.39, 0.29) is 16.3 Å². The number of isocyanates is 1. The fourth-order valence-electron chi connectivity index (χ4n) is 1.54. The first-order valence-electron chi connectivity index (χ1n) is 5.70. The van der Waals surface area contributed by atoms with Crippen LogP contribution in [0, 0.1) is 6.92 Å². The Morgan fingerprint density at radius 3 is 2.45 bits per heavy atom. The van der Waals surface area contributed by atoms with Crippen molar-refractivity contribution < 1.29 is 17.4 Å². The molecule has 0 saturated heterocycles. The van der Waals surface area contributed by atoms with Gasteiger partial charge in [-0.05, 0) is 31.2 Å². The third-order valence-corrected chi connectivity index (χ3v) is 3.77. The zero-order valence-electron chi connectivity index (χ0n) is 10.6. The van der Waals surface area contributed by atoms with Crippen molar-refractivity contribution in [2.75, 3.05) is 0 Å². The number of hydrogen-bond acceptors (Lipinski definition) is 5. The first kappa shape index (κ1) is 14.0. The van der Waals surface area contributed by atoms with Crippen LogP contribution < -0.4 is 4.18 Å². The Bertz CT molecular complexity index is 760. The Kier molecular flexibility index (Phi) is 3.98. The average Bonchev–Trinajstić information content (AvgIpc) is 2.39. The van der Waals surface area contributed by atoms with E-state index >= 15 is 0 Å². The summed E-state index contributed by atoms with van der Waals surface area (Å²) in [7, 11) is -3.90. The lowest BCUT2D eigenvalue weighted by molar-refractivity contribution is 0.486. The Morgan fingerprint density at radius 1 is 1.10 bits per heavy atom. The predicted octanol–water partition coefficient (Wildman–Crippen LogP) is 2.73. The minimum Gasteiger partial charge on any atom is -0.379 e. The molecule has 0 fully saturated rings. The van der Waals surface area contributed by atoms with Crippen molar-refractivity contribution >= 4 is 21.9 Å². The molecule has 0 heterocycles. The van der Waals surface area contributed by atoms with E-state index in [1.54, 1.807) is 12.1 Å². The minimum atomic E-state index is -3.90. The van der Waals surface area contributed by atoms with Crippen LogP contribution in [0.3, 0.4) is 0 Å². The molecule has 0 aliphatic rings. The molecule has 2 aromatic carbocycles. The van der Waals surface area contributed by atoms with E-state index in [9.17, 15) is 13.2 Å². The molecule has 6 heteroatoms. The van der Waals surface area contributed by atoms with Crippen LogP contribution >= 0.6 is 0 Å². The van der Waals surface area contributed by atoms with Gasteiger partial charge in [-0.15, -0.1) is 0 Å². The highest BCUT2D eigenvalue weighted by Gasteiger charge is 2.16. The molecule has 0 atom stereocenters. The molecule has 0 spiro atoms. The summed E-state index contributed by atoms with van der Waals surface area (Å²) in [5.41, 5.74) is 1.22. The van der Waals surface area contributed by atoms with Gasteiger partial charge < -0.3 is 4.18 Å². The van der Waals surface area contributed by atoms with Gasteiger partial charge >= 0.3 is 10.1 Å². The zero-order valence-corrected chi connectivity index (χ0v) is 11.4. The summed E-state index contributed by atoms with van der Waals surface area (Å²) in [6.45, 7) is 1.86. The molecule has 20 heavy (non-hydrogen) atoms. The van der Waals surface area contributed by atoms with Crippen molar-refractivity contribution in [2.24, 2.45) is 4.99 Å². The number of nitrogens with zero attached hydrogens (tertiary/aromatic N) is 1. The quantitative estimate of drug-likeness (QED) is 0.493. The van der Waals surface area contributed by atoms with E-state index in [2.05, 4.69) is 4.99 Å². The summed E-state index contributed by atoms with van der Waals surface area (Å²) in [5, 5.41) is 0. The van der Waals surface area contributed by atoms with Crippen LogP contribution in [-0.2, 0) is 14.9 Å². The largest absolute Gasteiger partial charge is 0.379 e. The van der Waals surface area contributed by atoms with Gasteiger partial charge in [0, 0.05) is 6.07 Å². The molecule has 5 nitrogen and oxygen atoms in total. The molecule has 0 aliphatic heterocycles. The molecule has 2 rings (SSSR count). The normalized spacial score (nSPS) is 10.7. The Labute approximate surface area is 116 Å². The Balaban J connectivity index is 2.30. The fourth-order valence-corrected chi connectivity index (χ4v) is 2.46. The molecule has 0 saturated carbocycles. The van der Waals surface area contributed by atoms with Crippen LogP contribution in [-0.4, -0.2) is 14.5 Å². The number of aliphatic imine (C=N–C) groups is 1. The predicted molar refractivity (Wildman–Crippen MR) is 73.2 cm³/mol. The standard InChI is InChI=1S/C14H11NO4S/c1-11-5-7-14(8-6-11)20(17,18)19-13-4-2-3-12(9-13)15-10-16/h2-9H,1H3. The second kappa shape index (κ2) is 5.69. The fraction of sp³-hybridized carbons (Fsp3) is 0.0714. The number of aryl methyl sites for hydroxylation is 1. The average molecular weight is 289 g/mol. The highest BCUT2D eigenvalue weighted by atomic mass is 32.2. The van der Waals surface area contributed by atoms with Crippen LogP contribution in [0.1, 0.15) is 5.56 Å². The van der Waals surface area contributed by atoms with E-state index in [4.69, 9.17) is 4.18 Å². The molecule has 0 amide bonds. The number of carbonyl (C=O) groups excluding carboxylic acids is 1. The van der Waals surface area contributed by atoms with Gasteiger partial charge in [-0.3, -0.25) is 0 Å². The van der Waals surface area contributed by atoms with E-state index in [1.165, 1.54) is 42.5 Å². The van der Waals surface area contributed by atoms with Crippen molar-refractivity contribution in [1.82, 2.24) is 0 Å². The Morgan fingerprint density at radius 2 is 1.80 bits per heavy atom. The molecule has 102 valence electrons. The summed E-state index contributed by atoms with van der Waals surface area (Å²) in [6.07, 6.45) is 1.38. The summed E-state index contributed by atoms with van der Waals surface area (Å²) in [4.78, 5) is 13.6. The molecule has 0 aliphatic carbocycles. The van der Waals surface area contributed by atoms with E-state index in [0.29, 0.717) is 0 Å². The van der Waals surface area contributed by atoms with Gasteiger partial charge in [-0.1, -0.05) is 23.8 Å². The first-order chi connectivity index (χ1) is 9.51. The molecule has 0 N–H and O–H groups in total. The maximum atomic E-state index is 12.1. The maximum absolute atomic E-state index is 12.1. The highest BCUT2D eigenvalue weighted by molar-refractivity contribution is 7.87. The van der Waals surface area contributed by atoms with E-state index in [0.717, 1.165) is 5.56 Å². The number of rotatable bonds is 4. The summed E-state index contributed by atoms with van der Waals surface area (Å²) in [6, 6.07) is 12.2. The molecule has 2 aromatic rings. The zero-order chi connectivity index (χ0) is 14.6. The summed E-state index contributed by atoms with van der Waals surface area (Å²) >= 11 is 0. The molecule has 0 radical (unpaired) electrons. The summed E-state index contributed by atoms with van der Waals surface area (Å²) < 4.78 is 29.1. The Hall–Kier alpha value is -2.43. The second-order valence-electron chi connectivity index (χ2n) is 4.05. The van der Waals surface area contributed by atoms with Gasteiger partial charge in [0.25, 0.3) is 0 Å². The third kappa shape index (κ3) is 3.32. The van der Waals surface area contributed by atoms with Crippen LogP contribution in [0.25, 0.3) is 0 Å². The highest BCUT2D eigenvalue weighted by Crippen LogP contribution is 2.23. The van der Waals surface area contributed by atoms with Crippen LogP contribution in [0.5, 0.6) is 5.75 Å². The van der Waals surface area contributed by atoms with E-state index in [1.807, 2.05) is 6.92 Å². The smallest absolute Gasteiger partial charge is 0.339 e. The van der Waals surface area contributed by atoms with Crippen molar-refractivity contribution in [3.8, 4) is 5.75 Å². The molecular weight excluding hydrogens is 278 g/mol. The topological polar surface area (TPSA) is 72.8 Å². The van der Waals surface area contributed by atoms with Gasteiger partial charge in [0.1, 0.15) is 10.6 Å². The lowest BCUT2D eigenvalue weighted by Gasteiger charge is -2.07. The monoisotopic (exact) mass is 289 g/mol. The van der Waals surface area contributed by atoms with Gasteiger partial charge in [0.15, 0.2) is 0 Å². The van der Waals surface area contributed by atoms with Gasteiger partial charge in [0.05, 0.1) is 5.69 Å². The molecule has 0 bridgehead atoms. The lowest BCUT2D eigenvalue weighted by atomic mass is 10.2. The van der Waals surface area contributed by atoms with Gasteiger partial charge in [0.2, 0.25) is 6.08 Å². The van der Waals surface area contributed by atoms with Crippen molar-refractivity contribution in [3.05, 3.63) is 54.1 Å². The van der Waals surface area contributed by atoms with Crippen molar-refractivity contribution in [3.63, 3.8) is 0 Å². The maximum Gasteiger partial charge on any atom is 0.339 e. The molecule has 0 aromatic heterocycles. The van der Waals surface area contributed by atoms with Crippen molar-refractivity contribution in [1.29, 1.82) is 0 Å². The van der Waals surface area contributed by atoms with Crippen LogP contribution in [0.4, 0.5) is 5.69 Å².